The van der Waals surface area contributed by atoms with E-state index in [2.05, 4.69) is 13.8 Å². The second-order valence-electron chi connectivity index (χ2n) is 20.6. The summed E-state index contributed by atoms with van der Waals surface area (Å²) in [4.78, 5) is 64.4. The van der Waals surface area contributed by atoms with Gasteiger partial charge >= 0.3 is 17.8 Å². The van der Waals surface area contributed by atoms with Gasteiger partial charge in [-0.3, -0.25) is 24.1 Å². The molecule has 4 amide bonds. The van der Waals surface area contributed by atoms with Crippen molar-refractivity contribution in [2.24, 2.45) is 0 Å². The van der Waals surface area contributed by atoms with Gasteiger partial charge in [-0.2, -0.15) is 26.3 Å². The molecule has 0 saturated heterocycles. The van der Waals surface area contributed by atoms with Gasteiger partial charge in [-0.25, -0.2) is 4.90 Å². The van der Waals surface area contributed by atoms with E-state index < -0.39 is 46.3 Å². The fourth-order valence-corrected chi connectivity index (χ4v) is 16.2. The summed E-state index contributed by atoms with van der Waals surface area (Å²) < 4.78 is 95.4. The fourth-order valence-electron chi connectivity index (χ4n) is 12.1. The predicted octanol–water partition coefficient (Wildman–Crippen LogP) is 18.8. The molecule has 0 radical (unpaired) electrons. The molecule has 0 atom stereocenters. The van der Waals surface area contributed by atoms with Gasteiger partial charge in [0.25, 0.3) is 23.6 Å². The molecule has 12 rings (SSSR count). The van der Waals surface area contributed by atoms with Gasteiger partial charge in [-0.1, -0.05) is 89.5 Å². The first-order valence-corrected chi connectivity index (χ1v) is 29.3. The van der Waals surface area contributed by atoms with Crippen LogP contribution in [0.25, 0.3) is 73.7 Å². The third-order valence-corrected chi connectivity index (χ3v) is 20.5. The monoisotopic (exact) mass is 1120 g/mol. The number of unbranched alkanes of at least 4 members (excludes halogenated alkanes) is 6. The second kappa shape index (κ2) is 18.7. The largest absolute Gasteiger partial charge is 0.380 e. The molecule has 5 aromatic carbocycles. The first kappa shape index (κ1) is 51.6. The number of thiophene rings is 4. The second-order valence-corrected chi connectivity index (χ2v) is 25.5. The van der Waals surface area contributed by atoms with Gasteiger partial charge in [0.15, 0.2) is 0 Å². The van der Waals surface area contributed by atoms with Crippen LogP contribution >= 0.6 is 45.3 Å². The molecule has 9 aromatic rings. The average Bonchev–Trinajstić information content (AvgIpc) is 4.22. The molecule has 3 aliphatic rings. The van der Waals surface area contributed by atoms with Crippen molar-refractivity contribution < 1.29 is 45.5 Å². The van der Waals surface area contributed by atoms with Crippen LogP contribution in [0, 0.1) is 20.8 Å². The summed E-state index contributed by atoms with van der Waals surface area (Å²) in [6.45, 7) is 9.05. The van der Waals surface area contributed by atoms with Crippen molar-refractivity contribution in [3.05, 3.63) is 133 Å². The highest BCUT2D eigenvalue weighted by Crippen LogP contribution is 2.66. The number of carbonyl (C=O) groups excluding carboxylic acids is 4. The molecule has 1 aliphatic carbocycles. The lowest BCUT2D eigenvalue weighted by Gasteiger charge is -2.35. The Hall–Kier alpha value is -6.20. The lowest BCUT2D eigenvalue weighted by atomic mass is 9.82. The van der Waals surface area contributed by atoms with E-state index in [1.54, 1.807) is 42.5 Å². The molecule has 0 spiro atoms. The minimum atomic E-state index is -5.73. The number of benzene rings is 5. The predicted molar refractivity (Wildman–Crippen MR) is 302 cm³/mol. The normalized spacial score (nSPS) is 16.9. The van der Waals surface area contributed by atoms with Crippen LogP contribution in [0.15, 0.2) is 84.9 Å². The third kappa shape index (κ3) is 7.58. The minimum Gasteiger partial charge on any atom is -0.271 e. The maximum absolute atomic E-state index is 16.1. The van der Waals surface area contributed by atoms with Crippen LogP contribution in [0.4, 0.5) is 31.3 Å². The van der Waals surface area contributed by atoms with E-state index in [0.29, 0.717) is 46.8 Å². The number of halogens is 6. The number of amides is 4. The highest BCUT2D eigenvalue weighted by molar-refractivity contribution is 7.24. The highest BCUT2D eigenvalue weighted by atomic mass is 32.1. The zero-order valence-corrected chi connectivity index (χ0v) is 45.9. The van der Waals surface area contributed by atoms with Crippen molar-refractivity contribution in [3.8, 4) is 19.5 Å². The Bertz CT molecular complexity index is 3880. The summed E-state index contributed by atoms with van der Waals surface area (Å²) in [6, 6.07) is 23.4. The van der Waals surface area contributed by atoms with Crippen LogP contribution in [0.3, 0.4) is 0 Å². The molecule has 77 heavy (non-hydrogen) atoms. The molecule has 16 heteroatoms. The van der Waals surface area contributed by atoms with Crippen LogP contribution < -0.4 is 4.90 Å². The highest BCUT2D eigenvalue weighted by Gasteiger charge is 2.80. The summed E-state index contributed by atoms with van der Waals surface area (Å²) in [7, 11) is 0. The fraction of sp³-hybridized carbons (Fsp3) is 0.311. The molecular weight excluding hydrogens is 1070 g/mol. The Balaban J connectivity index is 0.896. The standard InChI is InChI=1S/C61H50F6N2O4S4/c1-6-8-10-12-14-33(15-13-11-9-7-2)68-55(70)38-21-17-34-36-19-23-40-52-41(24-20-37(50(36)52)35-18-22-39(56(68)71)51(38)49(34)35)58(73)69(57(40)72)48-27-26-45(77-48)47-29-43(32(5)76-47)54-53(59(62,63)61(66,67)60(54,64)65)42-28-46(75-31(42)4)44-25-16-30(3)74-44/h16-29,33H,6-15H2,1-5H3. The van der Waals surface area contributed by atoms with Crippen molar-refractivity contribution in [2.45, 2.75) is 123 Å². The van der Waals surface area contributed by atoms with Crippen LogP contribution in [-0.2, 0) is 0 Å². The van der Waals surface area contributed by atoms with Crippen molar-refractivity contribution >= 4 is 128 Å². The Kier molecular flexibility index (Phi) is 12.5. The lowest BCUT2D eigenvalue weighted by Crippen LogP contribution is -2.48. The van der Waals surface area contributed by atoms with Crippen LogP contribution in [0.2, 0.25) is 0 Å². The molecule has 4 aromatic heterocycles. The number of allylic oxidation sites excluding steroid dienone is 2. The number of carbonyl (C=O) groups is 4. The molecular formula is C61H50F6N2O4S4. The quantitative estimate of drug-likeness (QED) is 0.0318. The van der Waals surface area contributed by atoms with Gasteiger partial charge in [0.2, 0.25) is 0 Å². The zero-order valence-electron chi connectivity index (χ0n) is 42.7. The van der Waals surface area contributed by atoms with Gasteiger partial charge < -0.3 is 0 Å². The number of rotatable bonds is 16. The Labute approximate surface area is 456 Å². The Morgan fingerprint density at radius 2 is 0.857 bits per heavy atom. The van der Waals surface area contributed by atoms with E-state index in [0.717, 1.165) is 135 Å². The van der Waals surface area contributed by atoms with Crippen molar-refractivity contribution in [3.63, 3.8) is 0 Å². The number of alkyl halides is 6. The van der Waals surface area contributed by atoms with Crippen LogP contribution in [0.5, 0.6) is 0 Å². The Morgan fingerprint density at radius 1 is 0.442 bits per heavy atom. The zero-order chi connectivity index (χ0) is 54.2. The molecule has 0 fully saturated rings. The SMILES string of the molecule is CCCCCCC(CCCCCC)N1C(=O)c2ccc3c4ccc5c6c(ccc(c7ccc(c2c37)C1=O)c64)C(=O)N(c1ccc(-c2cc(C3=C(c4cc(-c6ccc(C)s6)sc4C)C(F)(F)C(F)(F)C3(F)F)c(C)s2)s1)C5=O. The number of hydrogen-bond donors (Lipinski definition) is 0. The Morgan fingerprint density at radius 3 is 1.27 bits per heavy atom. The molecule has 6 heterocycles. The van der Waals surface area contributed by atoms with Gasteiger partial charge in [0.05, 0.1) is 0 Å². The topological polar surface area (TPSA) is 74.8 Å². The molecule has 0 saturated carbocycles. The number of hydrogen-bond acceptors (Lipinski definition) is 8. The minimum absolute atomic E-state index is 0.105. The van der Waals surface area contributed by atoms with Gasteiger partial charge in [0, 0.05) is 84.4 Å². The van der Waals surface area contributed by atoms with Gasteiger partial charge in [-0.15, -0.1) is 45.3 Å². The summed E-state index contributed by atoms with van der Waals surface area (Å²) in [5.74, 6) is -18.0. The van der Waals surface area contributed by atoms with E-state index in [9.17, 15) is 19.2 Å². The number of anilines is 1. The number of imide groups is 2. The molecule has 0 bridgehead atoms. The molecule has 394 valence electrons. The number of aryl methyl sites for hydroxylation is 3. The smallest absolute Gasteiger partial charge is 0.271 e. The van der Waals surface area contributed by atoms with Crippen molar-refractivity contribution in [2.75, 3.05) is 4.90 Å². The maximum atomic E-state index is 16.1. The molecule has 2 aliphatic heterocycles. The first-order valence-electron chi connectivity index (χ1n) is 26.1. The first-order chi connectivity index (χ1) is 36.8. The van der Waals surface area contributed by atoms with Crippen LogP contribution in [-0.4, -0.2) is 52.3 Å². The maximum Gasteiger partial charge on any atom is 0.380 e. The van der Waals surface area contributed by atoms with Crippen molar-refractivity contribution in [1.82, 2.24) is 4.90 Å². The number of fused-ring (bicyclic) bond motifs is 2. The molecule has 0 N–H and O–H groups in total. The lowest BCUT2D eigenvalue weighted by molar-refractivity contribution is -0.254. The van der Waals surface area contributed by atoms with E-state index >= 15 is 26.3 Å². The molecule has 0 unspecified atom stereocenters. The van der Waals surface area contributed by atoms with E-state index in [1.165, 1.54) is 42.2 Å². The summed E-state index contributed by atoms with van der Waals surface area (Å²) in [5, 5.41) is 5.74. The summed E-state index contributed by atoms with van der Waals surface area (Å²) in [6.07, 6.45) is 9.81. The van der Waals surface area contributed by atoms with E-state index in [4.69, 9.17) is 0 Å². The number of nitrogens with zero attached hydrogens (tertiary/aromatic N) is 2. The van der Waals surface area contributed by atoms with E-state index in [-0.39, 0.29) is 49.3 Å². The summed E-state index contributed by atoms with van der Waals surface area (Å²) >= 11 is 4.40. The van der Waals surface area contributed by atoms with Crippen LogP contribution in [0.1, 0.15) is 145 Å². The van der Waals surface area contributed by atoms with Gasteiger partial charge in [-0.05, 0) is 138 Å². The average molecular weight is 1120 g/mol. The van der Waals surface area contributed by atoms with Gasteiger partial charge in [0.1, 0.15) is 5.00 Å². The van der Waals surface area contributed by atoms with E-state index in [1.807, 2.05) is 37.3 Å². The third-order valence-electron chi connectivity index (χ3n) is 15.9. The summed E-state index contributed by atoms with van der Waals surface area (Å²) in [5.41, 5.74) is -2.18. The molecule has 6 nitrogen and oxygen atoms in total. The van der Waals surface area contributed by atoms with Crippen molar-refractivity contribution in [1.29, 1.82) is 0 Å².